The van der Waals surface area contributed by atoms with Crippen molar-refractivity contribution in [2.75, 3.05) is 0 Å². The molecule has 3 aliphatic rings. The Morgan fingerprint density at radius 1 is 0.518 bits per heavy atom. The van der Waals surface area contributed by atoms with E-state index in [0.29, 0.717) is 5.92 Å². The fourth-order valence-electron chi connectivity index (χ4n) is 10.2. The van der Waals surface area contributed by atoms with E-state index in [9.17, 15) is 0 Å². The first-order chi connectivity index (χ1) is 27.8. The molecule has 12 rings (SSSR count). The molecule has 1 nitrogen and oxygen atoms in total. The summed E-state index contributed by atoms with van der Waals surface area (Å²) >= 11 is 0. The molecule has 0 N–H and O–H groups in total. The molecule has 1 atom stereocenters. The highest BCUT2D eigenvalue weighted by molar-refractivity contribution is 6.24. The number of allylic oxidation sites excluding steroid dienone is 8. The van der Waals surface area contributed by atoms with Crippen molar-refractivity contribution in [2.45, 2.75) is 25.7 Å². The molecular formula is C55H41N. The Morgan fingerprint density at radius 3 is 1.88 bits per heavy atom. The summed E-state index contributed by atoms with van der Waals surface area (Å²) < 4.78 is 2.49. The molecule has 0 saturated carbocycles. The fourth-order valence-corrected chi connectivity index (χ4v) is 10.2. The maximum absolute atomic E-state index is 2.52. The van der Waals surface area contributed by atoms with Gasteiger partial charge in [0.1, 0.15) is 0 Å². The first kappa shape index (κ1) is 32.7. The topological polar surface area (TPSA) is 4.41 Å². The minimum atomic E-state index is -0.406. The average molecular weight is 716 g/mol. The molecule has 1 heteroatoms. The Morgan fingerprint density at radius 2 is 1.12 bits per heavy atom. The predicted octanol–water partition coefficient (Wildman–Crippen LogP) is 14.4. The van der Waals surface area contributed by atoms with Crippen LogP contribution in [0.2, 0.25) is 0 Å². The summed E-state index contributed by atoms with van der Waals surface area (Å²) in [5, 5.41) is 5.21. The highest BCUT2D eigenvalue weighted by Gasteiger charge is 2.48. The highest BCUT2D eigenvalue weighted by atomic mass is 14.9. The number of hydrogen-bond acceptors (Lipinski definition) is 0. The summed E-state index contributed by atoms with van der Waals surface area (Å²) in [7, 11) is 0. The second kappa shape index (κ2) is 12.7. The number of fused-ring (bicyclic) bond motifs is 9. The van der Waals surface area contributed by atoms with Crippen molar-refractivity contribution in [3.05, 3.63) is 228 Å². The normalized spacial score (nSPS) is 16.5. The van der Waals surface area contributed by atoms with Crippen LogP contribution >= 0.6 is 0 Å². The van der Waals surface area contributed by atoms with E-state index in [1.165, 1.54) is 99.3 Å². The molecule has 2 aromatic heterocycles. The summed E-state index contributed by atoms with van der Waals surface area (Å²) in [6, 6.07) is 61.3. The van der Waals surface area contributed by atoms with Crippen LogP contribution in [0.1, 0.15) is 42.5 Å². The van der Waals surface area contributed by atoms with Crippen molar-refractivity contribution in [2.24, 2.45) is 5.92 Å². The predicted molar refractivity (Wildman–Crippen MR) is 237 cm³/mol. The molecule has 0 radical (unpaired) electrons. The lowest BCUT2D eigenvalue weighted by Gasteiger charge is -2.36. The Balaban J connectivity index is 0.00000179. The number of benzene rings is 7. The van der Waals surface area contributed by atoms with Gasteiger partial charge in [-0.3, -0.25) is 0 Å². The van der Waals surface area contributed by atoms with Crippen LogP contribution in [0.4, 0.5) is 0 Å². The third kappa shape index (κ3) is 4.55. The van der Waals surface area contributed by atoms with Gasteiger partial charge in [-0.1, -0.05) is 172 Å². The standard InChI is InChI=1S/C53H35N.C2H6/c1-4-14-34(15-5-1)37-25-27-51-45(30-37)47-32-39(31-46-42-22-12-13-23-50(42)54(51)52(46)47)38-24-26-48-43(29-38)44-28-35-16-10-11-17-36(35)33-49(44)53(48,40-18-6-2-7-19-40)41-20-8-3-9-21-41;1-2/h1-27,29-33,35H,28H2;1-2H3. The van der Waals surface area contributed by atoms with Crippen LogP contribution in [-0.4, -0.2) is 4.40 Å². The van der Waals surface area contributed by atoms with Crippen molar-refractivity contribution in [3.63, 3.8) is 0 Å². The molecule has 0 saturated heterocycles. The van der Waals surface area contributed by atoms with Crippen LogP contribution in [-0.2, 0) is 5.41 Å². The SMILES string of the molecule is C1=CC2=CC3=C(CC2C=C1)c1cc(-c2cc4c5ccccc5n5c6ccc(-c7ccccc7)cc6c(c2)c45)ccc1C3(c1ccccc1)c1ccccc1.CC. The van der Waals surface area contributed by atoms with Crippen molar-refractivity contribution >= 4 is 43.7 Å². The molecule has 56 heavy (non-hydrogen) atoms. The monoisotopic (exact) mass is 715 g/mol. The van der Waals surface area contributed by atoms with E-state index in [2.05, 4.69) is 199 Å². The van der Waals surface area contributed by atoms with Crippen molar-refractivity contribution < 1.29 is 0 Å². The summed E-state index contributed by atoms with van der Waals surface area (Å²) in [5.74, 6) is 0.381. The fraction of sp³-hybridized carbons (Fsp3) is 0.0909. The van der Waals surface area contributed by atoms with Crippen LogP contribution in [0.5, 0.6) is 0 Å². The minimum absolute atomic E-state index is 0.381. The maximum Gasteiger partial charge on any atom is 0.0710 e. The first-order valence-electron chi connectivity index (χ1n) is 20.1. The second-order valence-electron chi connectivity index (χ2n) is 15.2. The van der Waals surface area contributed by atoms with Crippen LogP contribution in [0.25, 0.3) is 65.9 Å². The Labute approximate surface area is 328 Å². The number of para-hydroxylation sites is 1. The van der Waals surface area contributed by atoms with Crippen LogP contribution in [0, 0.1) is 5.92 Å². The van der Waals surface area contributed by atoms with E-state index < -0.39 is 5.41 Å². The Hall–Kier alpha value is -6.70. The molecule has 0 aliphatic heterocycles. The largest absolute Gasteiger partial charge is 0.308 e. The molecule has 7 aromatic carbocycles. The molecule has 3 aliphatic carbocycles. The quantitative estimate of drug-likeness (QED) is 0.171. The summed E-state index contributed by atoms with van der Waals surface area (Å²) in [6.07, 6.45) is 12.6. The molecule has 2 heterocycles. The molecule has 0 amide bonds. The van der Waals surface area contributed by atoms with Gasteiger partial charge >= 0.3 is 0 Å². The zero-order valence-electron chi connectivity index (χ0n) is 31.7. The van der Waals surface area contributed by atoms with Crippen LogP contribution in [0.15, 0.2) is 205 Å². The zero-order valence-corrected chi connectivity index (χ0v) is 31.7. The third-order valence-corrected chi connectivity index (χ3v) is 12.5. The lowest BCUT2D eigenvalue weighted by molar-refractivity contribution is 0.733. The lowest BCUT2D eigenvalue weighted by Crippen LogP contribution is -2.30. The lowest BCUT2D eigenvalue weighted by atomic mass is 9.65. The molecule has 0 bridgehead atoms. The minimum Gasteiger partial charge on any atom is -0.308 e. The van der Waals surface area contributed by atoms with Crippen LogP contribution in [0.3, 0.4) is 0 Å². The molecule has 1 unspecified atom stereocenters. The van der Waals surface area contributed by atoms with E-state index in [0.717, 1.165) is 6.42 Å². The van der Waals surface area contributed by atoms with E-state index >= 15 is 0 Å². The van der Waals surface area contributed by atoms with Gasteiger partial charge in [-0.2, -0.15) is 0 Å². The van der Waals surface area contributed by atoms with Gasteiger partial charge in [0.25, 0.3) is 0 Å². The van der Waals surface area contributed by atoms with Gasteiger partial charge < -0.3 is 4.40 Å². The van der Waals surface area contributed by atoms with E-state index in [4.69, 9.17) is 0 Å². The van der Waals surface area contributed by atoms with Gasteiger partial charge in [0, 0.05) is 27.5 Å². The summed E-state index contributed by atoms with van der Waals surface area (Å²) in [5.41, 5.74) is 18.1. The molecular weight excluding hydrogens is 675 g/mol. The Kier molecular flexibility index (Phi) is 7.41. The summed E-state index contributed by atoms with van der Waals surface area (Å²) in [4.78, 5) is 0. The Bertz CT molecular complexity index is 3060. The molecule has 0 fully saturated rings. The van der Waals surface area contributed by atoms with E-state index in [1.54, 1.807) is 0 Å². The molecule has 0 spiro atoms. The first-order valence-corrected chi connectivity index (χ1v) is 20.1. The van der Waals surface area contributed by atoms with Gasteiger partial charge in [0.05, 0.1) is 22.0 Å². The summed E-state index contributed by atoms with van der Waals surface area (Å²) in [6.45, 7) is 4.00. The van der Waals surface area contributed by atoms with Gasteiger partial charge in [-0.05, 0) is 104 Å². The zero-order chi connectivity index (χ0) is 37.4. The number of aromatic nitrogens is 1. The maximum atomic E-state index is 2.52. The number of nitrogens with zero attached hydrogens (tertiary/aromatic N) is 1. The van der Waals surface area contributed by atoms with Gasteiger partial charge in [0.15, 0.2) is 0 Å². The average Bonchev–Trinajstić information content (AvgIpc) is 3.89. The molecule has 9 aromatic rings. The van der Waals surface area contributed by atoms with Crippen molar-refractivity contribution in [1.29, 1.82) is 0 Å². The smallest absolute Gasteiger partial charge is 0.0710 e. The second-order valence-corrected chi connectivity index (χ2v) is 15.2. The third-order valence-electron chi connectivity index (χ3n) is 12.5. The highest BCUT2D eigenvalue weighted by Crippen LogP contribution is 2.59. The van der Waals surface area contributed by atoms with Gasteiger partial charge in [0.2, 0.25) is 0 Å². The number of hydrogen-bond donors (Lipinski definition) is 0. The van der Waals surface area contributed by atoms with Crippen molar-refractivity contribution in [3.8, 4) is 22.3 Å². The van der Waals surface area contributed by atoms with Crippen LogP contribution < -0.4 is 0 Å². The van der Waals surface area contributed by atoms with Gasteiger partial charge in [-0.15, -0.1) is 0 Å². The van der Waals surface area contributed by atoms with E-state index in [1.807, 2.05) is 13.8 Å². The van der Waals surface area contributed by atoms with Crippen molar-refractivity contribution in [1.82, 2.24) is 4.40 Å². The van der Waals surface area contributed by atoms with Gasteiger partial charge in [-0.25, -0.2) is 0 Å². The van der Waals surface area contributed by atoms with E-state index in [-0.39, 0.29) is 0 Å². The molecule has 266 valence electrons. The number of rotatable bonds is 4.